The molecule has 0 spiro atoms. The van der Waals surface area contributed by atoms with Gasteiger partial charge in [-0.05, 0) is 33.6 Å². The molecule has 54 valence electrons. The predicted molar refractivity (Wildman–Crippen MR) is 43.8 cm³/mol. The van der Waals surface area contributed by atoms with Crippen molar-refractivity contribution in [1.82, 2.24) is 0 Å². The van der Waals surface area contributed by atoms with Crippen LogP contribution < -0.4 is 0 Å². The van der Waals surface area contributed by atoms with Crippen molar-refractivity contribution in [3.8, 4) is 0 Å². The molecule has 0 atom stereocenters. The van der Waals surface area contributed by atoms with E-state index in [4.69, 9.17) is 0 Å². The second-order valence-corrected chi connectivity index (χ2v) is 3.59. The highest BCUT2D eigenvalue weighted by molar-refractivity contribution is 5.49. The summed E-state index contributed by atoms with van der Waals surface area (Å²) in [5.41, 5.74) is 6.63. The molecule has 0 aromatic heterocycles. The van der Waals surface area contributed by atoms with Gasteiger partial charge in [-0.3, -0.25) is 0 Å². The van der Waals surface area contributed by atoms with Crippen LogP contribution >= 0.6 is 0 Å². The Morgan fingerprint density at radius 1 is 1.20 bits per heavy atom. The normalized spacial score (nSPS) is 23.7. The maximum atomic E-state index is 2.30. The van der Waals surface area contributed by atoms with E-state index in [0.717, 1.165) is 5.92 Å². The Bertz CT molecular complexity index is 223. The first-order chi connectivity index (χ1) is 4.72. The molecule has 0 amide bonds. The third kappa shape index (κ3) is 0.749. The molecular weight excluding hydrogens is 120 g/mol. The number of allylic oxidation sites excluding steroid dienone is 4. The lowest BCUT2D eigenvalue weighted by molar-refractivity contribution is 1.00. The van der Waals surface area contributed by atoms with Gasteiger partial charge in [0.05, 0.1) is 0 Å². The Morgan fingerprint density at radius 2 is 1.70 bits per heavy atom. The molecule has 1 fully saturated rings. The molecule has 0 aliphatic heterocycles. The van der Waals surface area contributed by atoms with Crippen molar-refractivity contribution in [1.29, 1.82) is 0 Å². The Morgan fingerprint density at radius 3 is 2.00 bits per heavy atom. The van der Waals surface area contributed by atoms with Crippen molar-refractivity contribution >= 4 is 0 Å². The van der Waals surface area contributed by atoms with Crippen LogP contribution in [0.25, 0.3) is 0 Å². The van der Waals surface area contributed by atoms with Crippen LogP contribution in [0.4, 0.5) is 0 Å². The molecule has 2 rings (SSSR count). The zero-order valence-corrected chi connectivity index (χ0v) is 6.99. The summed E-state index contributed by atoms with van der Waals surface area (Å²) in [7, 11) is 0. The van der Waals surface area contributed by atoms with E-state index in [-0.39, 0.29) is 0 Å². The summed E-state index contributed by atoms with van der Waals surface area (Å²) >= 11 is 0. The summed E-state index contributed by atoms with van der Waals surface area (Å²) in [5, 5.41) is 0. The monoisotopic (exact) mass is 134 g/mol. The molecule has 0 aromatic rings. The lowest BCUT2D eigenvalue weighted by atomic mass is 10.1. The number of hydrogen-bond acceptors (Lipinski definition) is 0. The van der Waals surface area contributed by atoms with Crippen LogP contribution in [0.15, 0.2) is 22.3 Å². The maximum Gasteiger partial charge on any atom is 0.0216 e. The average Bonchev–Trinajstić information content (AvgIpc) is 2.72. The zero-order chi connectivity index (χ0) is 7.30. The molecular formula is C10H14. The third-order valence-electron chi connectivity index (χ3n) is 2.90. The van der Waals surface area contributed by atoms with E-state index in [1.165, 1.54) is 12.8 Å². The fourth-order valence-corrected chi connectivity index (χ4v) is 1.79. The van der Waals surface area contributed by atoms with Gasteiger partial charge >= 0.3 is 0 Å². The molecule has 2 aliphatic rings. The van der Waals surface area contributed by atoms with Crippen molar-refractivity contribution in [2.75, 3.05) is 0 Å². The summed E-state index contributed by atoms with van der Waals surface area (Å²) in [6, 6.07) is 0. The largest absolute Gasteiger partial charge is 0.0697 e. The van der Waals surface area contributed by atoms with E-state index in [1.807, 2.05) is 0 Å². The molecule has 0 bridgehead atoms. The van der Waals surface area contributed by atoms with Crippen molar-refractivity contribution in [3.05, 3.63) is 22.3 Å². The second-order valence-electron chi connectivity index (χ2n) is 3.59. The molecule has 0 heterocycles. The van der Waals surface area contributed by atoms with Gasteiger partial charge in [-0.2, -0.15) is 0 Å². The van der Waals surface area contributed by atoms with Gasteiger partial charge < -0.3 is 0 Å². The Labute approximate surface area is 62.6 Å². The molecule has 0 unspecified atom stereocenters. The van der Waals surface area contributed by atoms with Crippen molar-refractivity contribution in [3.63, 3.8) is 0 Å². The van der Waals surface area contributed by atoms with E-state index < -0.39 is 0 Å². The molecule has 2 aliphatic carbocycles. The lowest BCUT2D eigenvalue weighted by Gasteiger charge is -1.96. The number of hydrogen-bond donors (Lipinski definition) is 0. The second kappa shape index (κ2) is 1.75. The van der Waals surface area contributed by atoms with Gasteiger partial charge in [-0.1, -0.05) is 22.3 Å². The fourth-order valence-electron chi connectivity index (χ4n) is 1.79. The van der Waals surface area contributed by atoms with Gasteiger partial charge in [-0.25, -0.2) is 0 Å². The van der Waals surface area contributed by atoms with Gasteiger partial charge in [0.1, 0.15) is 0 Å². The topological polar surface area (TPSA) is 0 Å². The van der Waals surface area contributed by atoms with Gasteiger partial charge in [-0.15, -0.1) is 0 Å². The molecule has 0 N–H and O–H groups in total. The number of rotatable bonds is 1. The van der Waals surface area contributed by atoms with Crippen LogP contribution in [0.1, 0.15) is 33.6 Å². The Kier molecular flexibility index (Phi) is 1.08. The molecule has 0 aromatic carbocycles. The highest BCUT2D eigenvalue weighted by Crippen LogP contribution is 2.48. The van der Waals surface area contributed by atoms with Crippen LogP contribution in [0.5, 0.6) is 0 Å². The molecule has 10 heavy (non-hydrogen) atoms. The first kappa shape index (κ1) is 6.21. The van der Waals surface area contributed by atoms with Crippen LogP contribution in [-0.4, -0.2) is 0 Å². The highest BCUT2D eigenvalue weighted by atomic mass is 14.4. The van der Waals surface area contributed by atoms with Crippen LogP contribution in [0.2, 0.25) is 0 Å². The van der Waals surface area contributed by atoms with Crippen molar-refractivity contribution < 1.29 is 0 Å². The van der Waals surface area contributed by atoms with Crippen LogP contribution in [0.3, 0.4) is 0 Å². The van der Waals surface area contributed by atoms with Crippen molar-refractivity contribution in [2.45, 2.75) is 33.6 Å². The fraction of sp³-hybridized carbons (Fsp3) is 0.600. The Hall–Kier alpha value is -0.520. The minimum atomic E-state index is 0.803. The molecule has 0 radical (unpaired) electrons. The van der Waals surface area contributed by atoms with E-state index in [2.05, 4.69) is 20.8 Å². The first-order valence-corrected chi connectivity index (χ1v) is 4.07. The SMILES string of the molecule is CC(=C1CC1)C1C(C)=C1C. The lowest BCUT2D eigenvalue weighted by Crippen LogP contribution is -1.83. The summed E-state index contributed by atoms with van der Waals surface area (Å²) in [6.07, 6.45) is 2.76. The van der Waals surface area contributed by atoms with E-state index in [0.29, 0.717) is 0 Å². The quantitative estimate of drug-likeness (QED) is 0.483. The summed E-state index contributed by atoms with van der Waals surface area (Å²) in [6.45, 7) is 6.81. The first-order valence-electron chi connectivity index (χ1n) is 4.07. The van der Waals surface area contributed by atoms with Gasteiger partial charge in [0.25, 0.3) is 0 Å². The standard InChI is InChI=1S/C10H14/c1-6-7(2)10(6)8(3)9-4-5-9/h10H,4-5H2,1-3H3. The minimum absolute atomic E-state index is 0.803. The third-order valence-corrected chi connectivity index (χ3v) is 2.90. The van der Waals surface area contributed by atoms with Gasteiger partial charge in [0, 0.05) is 5.92 Å². The van der Waals surface area contributed by atoms with E-state index in [1.54, 1.807) is 22.3 Å². The summed E-state index contributed by atoms with van der Waals surface area (Å²) < 4.78 is 0. The van der Waals surface area contributed by atoms with Crippen LogP contribution in [-0.2, 0) is 0 Å². The Balaban J connectivity index is 2.12. The van der Waals surface area contributed by atoms with E-state index in [9.17, 15) is 0 Å². The predicted octanol–water partition coefficient (Wildman–Crippen LogP) is 3.06. The van der Waals surface area contributed by atoms with Crippen LogP contribution in [0, 0.1) is 5.92 Å². The van der Waals surface area contributed by atoms with Gasteiger partial charge in [0.2, 0.25) is 0 Å². The summed E-state index contributed by atoms with van der Waals surface area (Å²) in [5.74, 6) is 0.803. The molecule has 0 heteroatoms. The minimum Gasteiger partial charge on any atom is -0.0697 e. The van der Waals surface area contributed by atoms with E-state index >= 15 is 0 Å². The average molecular weight is 134 g/mol. The highest BCUT2D eigenvalue weighted by Gasteiger charge is 2.33. The molecule has 1 saturated carbocycles. The maximum absolute atomic E-state index is 2.30. The molecule has 0 nitrogen and oxygen atoms in total. The summed E-state index contributed by atoms with van der Waals surface area (Å²) in [4.78, 5) is 0. The molecule has 0 saturated heterocycles. The zero-order valence-electron chi connectivity index (χ0n) is 6.99. The van der Waals surface area contributed by atoms with Gasteiger partial charge in [0.15, 0.2) is 0 Å². The van der Waals surface area contributed by atoms with Crippen molar-refractivity contribution in [2.24, 2.45) is 5.92 Å². The smallest absolute Gasteiger partial charge is 0.0216 e.